The molecule has 6 nitrogen and oxygen atoms in total. The molecular formula is C13H17ClN4O2. The molecule has 20 heavy (non-hydrogen) atoms. The molecule has 1 fully saturated rings. The fraction of sp³-hybridized carbons (Fsp3) is 0.615. The first-order valence-electron chi connectivity index (χ1n) is 6.74. The van der Waals surface area contributed by atoms with Crippen LogP contribution in [0.1, 0.15) is 23.0 Å². The minimum absolute atomic E-state index is 0.0855. The van der Waals surface area contributed by atoms with Gasteiger partial charge in [0.25, 0.3) is 5.91 Å². The summed E-state index contributed by atoms with van der Waals surface area (Å²) in [5.74, 6) is 0.704. The Hall–Kier alpha value is -1.40. The molecule has 0 radical (unpaired) electrons. The van der Waals surface area contributed by atoms with Gasteiger partial charge in [-0.1, -0.05) is 0 Å². The molecule has 1 aromatic heterocycles. The minimum atomic E-state index is -0.0855. The molecule has 0 spiro atoms. The van der Waals surface area contributed by atoms with Crippen LogP contribution in [0.15, 0.2) is 0 Å². The van der Waals surface area contributed by atoms with Crippen molar-refractivity contribution in [3.8, 4) is 0 Å². The quantitative estimate of drug-likeness (QED) is 0.723. The molecule has 3 rings (SSSR count). The fourth-order valence-electron chi connectivity index (χ4n) is 2.69. The molecule has 1 saturated heterocycles. The van der Waals surface area contributed by atoms with Gasteiger partial charge in [0, 0.05) is 25.7 Å². The van der Waals surface area contributed by atoms with E-state index in [0.29, 0.717) is 25.5 Å². The van der Waals surface area contributed by atoms with Crippen LogP contribution in [0.5, 0.6) is 0 Å². The Morgan fingerprint density at radius 3 is 2.90 bits per heavy atom. The van der Waals surface area contributed by atoms with E-state index in [1.54, 1.807) is 11.9 Å². The number of nitrogens with zero attached hydrogens (tertiary/aromatic N) is 4. The van der Waals surface area contributed by atoms with Gasteiger partial charge in [-0.05, 0) is 24.9 Å². The Balaban J connectivity index is 2.07. The summed E-state index contributed by atoms with van der Waals surface area (Å²) in [5.41, 5.74) is 1.35. The average Bonchev–Trinajstić information content (AvgIpc) is 2.43. The summed E-state index contributed by atoms with van der Waals surface area (Å²) in [6.45, 7) is 4.84. The van der Waals surface area contributed by atoms with E-state index < -0.39 is 0 Å². The van der Waals surface area contributed by atoms with Gasteiger partial charge < -0.3 is 14.5 Å². The average molecular weight is 297 g/mol. The summed E-state index contributed by atoms with van der Waals surface area (Å²) in [4.78, 5) is 24.6. The Labute approximate surface area is 122 Å². The standard InChI is InChI=1S/C13H17ClN4O2/c1-8-7-20-6-5-18(8)11-9-3-4-17(2)12(19)10(9)15-13(14)16-11/h8H,3-7H2,1-2H3/t8-/m0/s1. The molecular weight excluding hydrogens is 280 g/mol. The summed E-state index contributed by atoms with van der Waals surface area (Å²) in [5, 5.41) is 0.126. The molecule has 3 heterocycles. The van der Waals surface area contributed by atoms with E-state index in [-0.39, 0.29) is 17.2 Å². The number of likely N-dealkylation sites (N-methyl/N-ethyl adjacent to an activating group) is 1. The minimum Gasteiger partial charge on any atom is -0.377 e. The second kappa shape index (κ2) is 5.18. The maximum Gasteiger partial charge on any atom is 0.272 e. The molecule has 0 saturated carbocycles. The van der Waals surface area contributed by atoms with Gasteiger partial charge in [-0.15, -0.1) is 0 Å². The van der Waals surface area contributed by atoms with E-state index in [2.05, 4.69) is 21.8 Å². The third-order valence-electron chi connectivity index (χ3n) is 3.84. The van der Waals surface area contributed by atoms with E-state index in [0.717, 1.165) is 24.3 Å². The highest BCUT2D eigenvalue weighted by Gasteiger charge is 2.31. The Bertz CT molecular complexity index is 551. The second-order valence-corrected chi connectivity index (χ2v) is 5.58. The van der Waals surface area contributed by atoms with Gasteiger partial charge in [0.15, 0.2) is 0 Å². The predicted molar refractivity (Wildman–Crippen MR) is 75.3 cm³/mol. The van der Waals surface area contributed by atoms with Gasteiger partial charge in [0.1, 0.15) is 11.5 Å². The molecule has 1 atom stereocenters. The van der Waals surface area contributed by atoms with Gasteiger partial charge in [0.05, 0.1) is 19.3 Å². The van der Waals surface area contributed by atoms with E-state index in [4.69, 9.17) is 16.3 Å². The largest absolute Gasteiger partial charge is 0.377 e. The van der Waals surface area contributed by atoms with Crippen LogP contribution < -0.4 is 4.90 Å². The topological polar surface area (TPSA) is 58.6 Å². The zero-order chi connectivity index (χ0) is 14.3. The van der Waals surface area contributed by atoms with Gasteiger partial charge in [-0.2, -0.15) is 0 Å². The summed E-state index contributed by atoms with van der Waals surface area (Å²) >= 11 is 6.01. The normalized spacial score (nSPS) is 22.9. The lowest BCUT2D eigenvalue weighted by Crippen LogP contribution is -2.46. The van der Waals surface area contributed by atoms with Gasteiger partial charge in [-0.3, -0.25) is 4.79 Å². The number of fused-ring (bicyclic) bond motifs is 1. The molecule has 0 aliphatic carbocycles. The molecule has 1 aromatic rings. The molecule has 0 unspecified atom stereocenters. The van der Waals surface area contributed by atoms with Crippen molar-refractivity contribution in [3.05, 3.63) is 16.5 Å². The highest BCUT2D eigenvalue weighted by atomic mass is 35.5. The van der Waals surface area contributed by atoms with Crippen molar-refractivity contribution in [2.75, 3.05) is 38.3 Å². The fourth-order valence-corrected chi connectivity index (χ4v) is 2.86. The molecule has 2 aliphatic heterocycles. The first-order valence-corrected chi connectivity index (χ1v) is 7.12. The van der Waals surface area contributed by atoms with Crippen molar-refractivity contribution in [1.82, 2.24) is 14.9 Å². The first kappa shape index (κ1) is 13.6. The van der Waals surface area contributed by atoms with Crippen LogP contribution in [-0.4, -0.2) is 60.2 Å². The summed E-state index contributed by atoms with van der Waals surface area (Å²) in [7, 11) is 1.78. The number of amides is 1. The Morgan fingerprint density at radius 1 is 1.35 bits per heavy atom. The number of halogens is 1. The molecule has 0 N–H and O–H groups in total. The number of rotatable bonds is 1. The number of morpholine rings is 1. The van der Waals surface area contributed by atoms with E-state index >= 15 is 0 Å². The molecule has 0 bridgehead atoms. The van der Waals surface area contributed by atoms with Gasteiger partial charge in [-0.25, -0.2) is 9.97 Å². The van der Waals surface area contributed by atoms with Crippen molar-refractivity contribution in [2.45, 2.75) is 19.4 Å². The number of hydrogen-bond donors (Lipinski definition) is 0. The van der Waals surface area contributed by atoms with E-state index in [9.17, 15) is 4.79 Å². The monoisotopic (exact) mass is 296 g/mol. The number of carbonyl (C=O) groups excluding carboxylic acids is 1. The predicted octanol–water partition coefficient (Wildman–Crippen LogP) is 0.983. The van der Waals surface area contributed by atoms with Gasteiger partial charge >= 0.3 is 0 Å². The highest BCUT2D eigenvalue weighted by molar-refractivity contribution is 6.28. The number of carbonyl (C=O) groups is 1. The number of anilines is 1. The Morgan fingerprint density at radius 2 is 2.15 bits per heavy atom. The summed E-state index contributed by atoms with van der Waals surface area (Å²) in [6, 6.07) is 0.216. The van der Waals surface area contributed by atoms with Crippen LogP contribution in [0, 0.1) is 0 Å². The maximum absolute atomic E-state index is 12.2. The van der Waals surface area contributed by atoms with Crippen molar-refractivity contribution < 1.29 is 9.53 Å². The second-order valence-electron chi connectivity index (χ2n) is 5.24. The SMILES string of the molecule is C[C@H]1COCCN1c1nc(Cl)nc2c1CCN(C)C2=O. The van der Waals surface area contributed by atoms with Crippen molar-refractivity contribution in [2.24, 2.45) is 0 Å². The molecule has 1 amide bonds. The smallest absolute Gasteiger partial charge is 0.272 e. The van der Waals surface area contributed by atoms with Crippen LogP contribution in [-0.2, 0) is 11.2 Å². The zero-order valence-corrected chi connectivity index (χ0v) is 12.4. The summed E-state index contributed by atoms with van der Waals surface area (Å²) in [6.07, 6.45) is 0.758. The van der Waals surface area contributed by atoms with Crippen LogP contribution in [0.25, 0.3) is 0 Å². The number of hydrogen-bond acceptors (Lipinski definition) is 5. The Kier molecular flexibility index (Phi) is 3.52. The van der Waals surface area contributed by atoms with E-state index in [1.165, 1.54) is 0 Å². The van der Waals surface area contributed by atoms with Crippen molar-refractivity contribution in [1.29, 1.82) is 0 Å². The van der Waals surface area contributed by atoms with Crippen molar-refractivity contribution in [3.63, 3.8) is 0 Å². The summed E-state index contributed by atoms with van der Waals surface area (Å²) < 4.78 is 5.45. The molecule has 2 aliphatic rings. The lowest BCUT2D eigenvalue weighted by Gasteiger charge is -2.36. The third-order valence-corrected chi connectivity index (χ3v) is 4.01. The van der Waals surface area contributed by atoms with Gasteiger partial charge in [0.2, 0.25) is 5.28 Å². The van der Waals surface area contributed by atoms with Crippen LogP contribution >= 0.6 is 11.6 Å². The molecule has 7 heteroatoms. The molecule has 108 valence electrons. The molecule has 0 aromatic carbocycles. The highest BCUT2D eigenvalue weighted by Crippen LogP contribution is 2.29. The zero-order valence-electron chi connectivity index (χ0n) is 11.6. The maximum atomic E-state index is 12.2. The number of aromatic nitrogens is 2. The number of ether oxygens (including phenoxy) is 1. The van der Waals surface area contributed by atoms with Crippen LogP contribution in [0.4, 0.5) is 5.82 Å². The van der Waals surface area contributed by atoms with Crippen molar-refractivity contribution >= 4 is 23.3 Å². The third kappa shape index (κ3) is 2.23. The lowest BCUT2D eigenvalue weighted by atomic mass is 10.0. The van der Waals surface area contributed by atoms with Crippen LogP contribution in [0.2, 0.25) is 5.28 Å². The lowest BCUT2D eigenvalue weighted by molar-refractivity contribution is 0.0773. The first-order chi connectivity index (χ1) is 9.58. The van der Waals surface area contributed by atoms with E-state index in [1.807, 2.05) is 0 Å². The van der Waals surface area contributed by atoms with Crippen LogP contribution in [0.3, 0.4) is 0 Å².